The van der Waals surface area contributed by atoms with Crippen LogP contribution in [-0.4, -0.2) is 36.6 Å². The molecule has 4 nitrogen and oxygen atoms in total. The van der Waals surface area contributed by atoms with Crippen LogP contribution in [0.2, 0.25) is 0 Å². The van der Waals surface area contributed by atoms with Crippen LogP contribution in [0.5, 0.6) is 11.5 Å². The molecule has 1 aliphatic carbocycles. The summed E-state index contributed by atoms with van der Waals surface area (Å²) in [5.41, 5.74) is 3.14. The zero-order valence-electron chi connectivity index (χ0n) is 17.4. The fraction of sp³-hybridized carbons (Fsp3) is 0.609. The lowest BCUT2D eigenvalue weighted by atomic mass is 9.84. The van der Waals surface area contributed by atoms with Crippen LogP contribution in [0.4, 0.5) is 0 Å². The van der Waals surface area contributed by atoms with Crippen molar-refractivity contribution in [2.24, 2.45) is 0 Å². The summed E-state index contributed by atoms with van der Waals surface area (Å²) in [6, 6.07) is 3.83. The van der Waals surface area contributed by atoms with Gasteiger partial charge in [-0.15, -0.1) is 0 Å². The lowest BCUT2D eigenvalue weighted by Gasteiger charge is -2.23. The molecule has 0 amide bonds. The fourth-order valence-corrected chi connectivity index (χ4v) is 3.68. The van der Waals surface area contributed by atoms with Gasteiger partial charge in [0.15, 0.2) is 0 Å². The molecule has 0 spiro atoms. The molecule has 0 radical (unpaired) electrons. The number of carbonyl (C=O) groups is 1. The number of phenols is 1. The first kappa shape index (κ1) is 21.5. The van der Waals surface area contributed by atoms with E-state index in [9.17, 15) is 9.90 Å². The lowest BCUT2D eigenvalue weighted by molar-refractivity contribution is -0.134. The predicted octanol–water partition coefficient (Wildman–Crippen LogP) is 5.20. The van der Waals surface area contributed by atoms with E-state index in [1.54, 1.807) is 0 Å². The minimum atomic E-state index is -0.244. The molecule has 0 aliphatic heterocycles. The van der Waals surface area contributed by atoms with Crippen molar-refractivity contribution in [3.63, 3.8) is 0 Å². The van der Waals surface area contributed by atoms with Gasteiger partial charge in [0.05, 0.1) is 6.42 Å². The maximum absolute atomic E-state index is 12.4. The highest BCUT2D eigenvalue weighted by atomic mass is 16.5. The van der Waals surface area contributed by atoms with E-state index in [4.69, 9.17) is 4.74 Å². The Balaban J connectivity index is 2.29. The number of hydrogen-bond donors (Lipinski definition) is 1. The molecule has 1 N–H and O–H groups in total. The monoisotopic (exact) mass is 373 g/mol. The largest absolute Gasteiger partial charge is 0.507 e. The second-order valence-corrected chi connectivity index (χ2v) is 8.02. The maximum atomic E-state index is 12.4. The van der Waals surface area contributed by atoms with E-state index in [2.05, 4.69) is 19.9 Å². The summed E-state index contributed by atoms with van der Waals surface area (Å²) >= 11 is 0. The van der Waals surface area contributed by atoms with Gasteiger partial charge in [-0.25, -0.2) is 0 Å². The Labute approximate surface area is 164 Å². The molecular formula is C23H35NO3. The van der Waals surface area contributed by atoms with Crippen molar-refractivity contribution in [1.82, 2.24) is 4.90 Å². The van der Waals surface area contributed by atoms with E-state index in [-0.39, 0.29) is 17.6 Å². The molecule has 0 bridgehead atoms. The van der Waals surface area contributed by atoms with Gasteiger partial charge in [0.2, 0.25) is 0 Å². The average molecular weight is 374 g/mol. The second kappa shape index (κ2) is 10.5. The van der Waals surface area contributed by atoms with E-state index in [0.29, 0.717) is 18.7 Å². The Morgan fingerprint density at radius 3 is 2.74 bits per heavy atom. The number of nitrogens with zero attached hydrogens (tertiary/aromatic N) is 1. The molecule has 2 rings (SSSR count). The normalized spacial score (nSPS) is 17.1. The van der Waals surface area contributed by atoms with Gasteiger partial charge in [-0.1, -0.05) is 31.4 Å². The fourth-order valence-electron chi connectivity index (χ4n) is 3.68. The first-order chi connectivity index (χ1) is 12.9. The number of aryl methyl sites for hydroxylation is 1. The molecule has 0 heterocycles. The first-order valence-corrected chi connectivity index (χ1v) is 10.3. The topological polar surface area (TPSA) is 49.8 Å². The van der Waals surface area contributed by atoms with E-state index < -0.39 is 0 Å². The standard InChI is InChI=1S/C23H35NO3/c1-5-6-7-10-18-15-20(25)23(19-11-8-9-17(2)14-19)21(16-18)27-22(26)12-13-24(3)4/h14-16,19,25H,5-13H2,1-4H3/t19-/m0/s1. The number of aromatic hydroxyl groups is 1. The van der Waals surface area contributed by atoms with Gasteiger partial charge in [0.1, 0.15) is 11.5 Å². The summed E-state index contributed by atoms with van der Waals surface area (Å²) in [5, 5.41) is 10.8. The van der Waals surface area contributed by atoms with E-state index in [1.165, 1.54) is 5.57 Å². The van der Waals surface area contributed by atoms with Crippen LogP contribution in [0.25, 0.3) is 0 Å². The zero-order chi connectivity index (χ0) is 19.8. The molecule has 1 aromatic rings. The van der Waals surface area contributed by atoms with Crippen LogP contribution in [0.3, 0.4) is 0 Å². The highest BCUT2D eigenvalue weighted by molar-refractivity contribution is 5.73. The van der Waals surface area contributed by atoms with Crippen molar-refractivity contribution in [3.05, 3.63) is 34.9 Å². The Hall–Kier alpha value is -1.81. The minimum absolute atomic E-state index is 0.111. The van der Waals surface area contributed by atoms with E-state index in [1.807, 2.05) is 31.1 Å². The molecule has 0 aromatic heterocycles. The van der Waals surface area contributed by atoms with Crippen molar-refractivity contribution in [2.75, 3.05) is 20.6 Å². The molecule has 27 heavy (non-hydrogen) atoms. The van der Waals surface area contributed by atoms with Crippen molar-refractivity contribution in [3.8, 4) is 11.5 Å². The minimum Gasteiger partial charge on any atom is -0.507 e. The molecule has 150 valence electrons. The third-order valence-corrected chi connectivity index (χ3v) is 5.18. The first-order valence-electron chi connectivity index (χ1n) is 10.3. The average Bonchev–Trinajstić information content (AvgIpc) is 2.60. The van der Waals surface area contributed by atoms with Gasteiger partial charge in [-0.2, -0.15) is 0 Å². The number of allylic oxidation sites excluding steroid dienone is 2. The third kappa shape index (κ3) is 6.69. The highest BCUT2D eigenvalue weighted by Gasteiger charge is 2.23. The third-order valence-electron chi connectivity index (χ3n) is 5.18. The van der Waals surface area contributed by atoms with Gasteiger partial charge in [0, 0.05) is 18.0 Å². The van der Waals surface area contributed by atoms with Crippen LogP contribution >= 0.6 is 0 Å². The Bertz CT molecular complexity index is 664. The van der Waals surface area contributed by atoms with Crippen LogP contribution in [0, 0.1) is 0 Å². The van der Waals surface area contributed by atoms with Crippen LogP contribution < -0.4 is 4.74 Å². The Kier molecular flexibility index (Phi) is 8.36. The van der Waals surface area contributed by atoms with Gasteiger partial charge in [-0.05, 0) is 70.8 Å². The van der Waals surface area contributed by atoms with Crippen LogP contribution in [-0.2, 0) is 11.2 Å². The molecule has 4 heteroatoms. The number of hydrogen-bond acceptors (Lipinski definition) is 4. The number of phenolic OH excluding ortho intramolecular Hbond substituents is 1. The predicted molar refractivity (Wildman–Crippen MR) is 110 cm³/mol. The Morgan fingerprint density at radius 2 is 2.07 bits per heavy atom. The van der Waals surface area contributed by atoms with Crippen LogP contribution in [0.1, 0.15) is 75.8 Å². The number of carbonyl (C=O) groups excluding carboxylic acids is 1. The highest BCUT2D eigenvalue weighted by Crippen LogP contribution is 2.42. The molecule has 1 atom stereocenters. The number of unbranched alkanes of at least 4 members (excludes halogenated alkanes) is 2. The summed E-state index contributed by atoms with van der Waals surface area (Å²) in [6.45, 7) is 4.96. The van der Waals surface area contributed by atoms with Crippen molar-refractivity contribution in [2.45, 2.75) is 71.1 Å². The number of benzene rings is 1. The van der Waals surface area contributed by atoms with Crippen molar-refractivity contribution >= 4 is 5.97 Å². The van der Waals surface area contributed by atoms with E-state index >= 15 is 0 Å². The van der Waals surface area contributed by atoms with Crippen molar-refractivity contribution in [1.29, 1.82) is 0 Å². The molecule has 0 unspecified atom stereocenters. The summed E-state index contributed by atoms with van der Waals surface area (Å²) in [6.07, 6.45) is 10.0. The molecule has 0 fully saturated rings. The summed E-state index contributed by atoms with van der Waals surface area (Å²) < 4.78 is 5.76. The van der Waals surface area contributed by atoms with Gasteiger partial charge in [0.25, 0.3) is 0 Å². The Morgan fingerprint density at radius 1 is 1.30 bits per heavy atom. The molecule has 0 saturated heterocycles. The van der Waals surface area contributed by atoms with Gasteiger partial charge >= 0.3 is 5.97 Å². The zero-order valence-corrected chi connectivity index (χ0v) is 17.4. The van der Waals surface area contributed by atoms with Crippen LogP contribution in [0.15, 0.2) is 23.8 Å². The molecule has 1 aromatic carbocycles. The van der Waals surface area contributed by atoms with Gasteiger partial charge < -0.3 is 14.7 Å². The SMILES string of the molecule is CCCCCc1cc(O)c([C@@H]2C=C(C)CCC2)c(OC(=O)CCN(C)C)c1. The van der Waals surface area contributed by atoms with Crippen molar-refractivity contribution < 1.29 is 14.6 Å². The summed E-state index contributed by atoms with van der Waals surface area (Å²) in [5.74, 6) is 0.670. The van der Waals surface area contributed by atoms with E-state index in [0.717, 1.165) is 56.1 Å². The molecule has 1 aliphatic rings. The second-order valence-electron chi connectivity index (χ2n) is 8.02. The molecular weight excluding hydrogens is 338 g/mol. The van der Waals surface area contributed by atoms with Gasteiger partial charge in [-0.3, -0.25) is 4.79 Å². The number of ether oxygens (including phenoxy) is 1. The lowest BCUT2D eigenvalue weighted by Crippen LogP contribution is -2.20. The quantitative estimate of drug-likeness (QED) is 0.280. The molecule has 0 saturated carbocycles. The number of rotatable bonds is 9. The summed E-state index contributed by atoms with van der Waals surface area (Å²) in [4.78, 5) is 14.3. The smallest absolute Gasteiger partial charge is 0.312 e. The number of esters is 1. The summed E-state index contributed by atoms with van der Waals surface area (Å²) in [7, 11) is 3.88. The maximum Gasteiger partial charge on any atom is 0.312 e.